The third-order valence-electron chi connectivity index (χ3n) is 3.88. The van der Waals surface area contributed by atoms with Crippen molar-refractivity contribution in [1.29, 1.82) is 5.26 Å². The van der Waals surface area contributed by atoms with Crippen molar-refractivity contribution in [2.75, 3.05) is 0 Å². The lowest BCUT2D eigenvalue weighted by Crippen LogP contribution is -2.23. The molecule has 23 heavy (non-hydrogen) atoms. The van der Waals surface area contributed by atoms with Crippen molar-refractivity contribution in [3.8, 4) is 6.07 Å². The molecular formula is C18H14N2O2S. The van der Waals surface area contributed by atoms with Gasteiger partial charge in [0, 0.05) is 22.2 Å². The largest absolute Gasteiger partial charge is 0.358 e. The van der Waals surface area contributed by atoms with E-state index < -0.39 is 17.5 Å². The maximum atomic E-state index is 12.9. The highest BCUT2D eigenvalue weighted by Gasteiger charge is 2.32. The fourth-order valence-electron chi connectivity index (χ4n) is 2.73. The number of benzene rings is 1. The number of hydrogen-bond donors (Lipinski definition) is 1. The minimum absolute atomic E-state index is 0.422. The van der Waals surface area contributed by atoms with Crippen LogP contribution in [-0.4, -0.2) is 16.6 Å². The van der Waals surface area contributed by atoms with Crippen molar-refractivity contribution in [2.45, 2.75) is 13.8 Å². The second-order valence-electron chi connectivity index (χ2n) is 5.39. The molecule has 0 saturated carbocycles. The number of rotatable bonds is 4. The van der Waals surface area contributed by atoms with Crippen LogP contribution in [0.2, 0.25) is 0 Å². The first-order valence-electron chi connectivity index (χ1n) is 7.14. The Labute approximate surface area is 137 Å². The van der Waals surface area contributed by atoms with Gasteiger partial charge in [-0.2, -0.15) is 5.26 Å². The van der Waals surface area contributed by atoms with E-state index in [0.29, 0.717) is 16.1 Å². The van der Waals surface area contributed by atoms with Crippen LogP contribution in [0.3, 0.4) is 0 Å². The fraction of sp³-hybridized carbons (Fsp3) is 0.167. The molecule has 1 atom stereocenters. The summed E-state index contributed by atoms with van der Waals surface area (Å²) in [7, 11) is 0. The zero-order valence-corrected chi connectivity index (χ0v) is 13.5. The van der Waals surface area contributed by atoms with Crippen LogP contribution >= 0.6 is 11.3 Å². The third-order valence-corrected chi connectivity index (χ3v) is 4.91. The highest BCUT2D eigenvalue weighted by atomic mass is 32.1. The first-order valence-corrected chi connectivity index (χ1v) is 8.02. The maximum Gasteiger partial charge on any atom is 0.198 e. The van der Waals surface area contributed by atoms with Gasteiger partial charge in [-0.3, -0.25) is 9.59 Å². The number of aromatic amines is 1. The van der Waals surface area contributed by atoms with Gasteiger partial charge in [0.05, 0.1) is 10.9 Å². The van der Waals surface area contributed by atoms with Crippen LogP contribution in [0.5, 0.6) is 0 Å². The molecule has 1 aromatic carbocycles. The van der Waals surface area contributed by atoms with E-state index in [-0.39, 0.29) is 0 Å². The van der Waals surface area contributed by atoms with E-state index in [2.05, 4.69) is 4.98 Å². The van der Waals surface area contributed by atoms with E-state index in [1.807, 2.05) is 36.4 Å². The van der Waals surface area contributed by atoms with Crippen LogP contribution in [0.15, 0.2) is 35.7 Å². The molecule has 0 aliphatic rings. The molecule has 0 bridgehead atoms. The lowest BCUT2D eigenvalue weighted by Gasteiger charge is -2.07. The highest BCUT2D eigenvalue weighted by Crippen LogP contribution is 2.27. The smallest absolute Gasteiger partial charge is 0.198 e. The van der Waals surface area contributed by atoms with Gasteiger partial charge in [-0.05, 0) is 36.9 Å². The quantitative estimate of drug-likeness (QED) is 0.581. The van der Waals surface area contributed by atoms with Crippen LogP contribution in [0.25, 0.3) is 10.9 Å². The summed E-state index contributed by atoms with van der Waals surface area (Å²) in [5, 5.41) is 12.0. The Morgan fingerprint density at radius 3 is 2.57 bits per heavy atom. The molecule has 2 heterocycles. The summed E-state index contributed by atoms with van der Waals surface area (Å²) >= 11 is 1.26. The van der Waals surface area contributed by atoms with Crippen molar-refractivity contribution in [2.24, 2.45) is 5.92 Å². The van der Waals surface area contributed by atoms with Gasteiger partial charge in [0.15, 0.2) is 17.5 Å². The molecular weight excluding hydrogens is 308 g/mol. The molecule has 0 fully saturated rings. The molecule has 0 aliphatic heterocycles. The average Bonchev–Trinajstić information content (AvgIpc) is 3.09. The van der Waals surface area contributed by atoms with Crippen LogP contribution in [0.4, 0.5) is 0 Å². The predicted molar refractivity (Wildman–Crippen MR) is 89.9 cm³/mol. The Bertz CT molecular complexity index is 959. The monoisotopic (exact) mass is 322 g/mol. The van der Waals surface area contributed by atoms with E-state index in [1.165, 1.54) is 11.3 Å². The topological polar surface area (TPSA) is 73.7 Å². The zero-order valence-electron chi connectivity index (χ0n) is 12.7. The van der Waals surface area contributed by atoms with Crippen molar-refractivity contribution in [1.82, 2.24) is 4.98 Å². The van der Waals surface area contributed by atoms with Gasteiger partial charge in [-0.25, -0.2) is 0 Å². The Balaban J connectivity index is 2.07. The van der Waals surface area contributed by atoms with Crippen LogP contribution in [-0.2, 0) is 0 Å². The molecule has 1 N–H and O–H groups in total. The number of aromatic nitrogens is 1. The number of H-pyrrole nitrogens is 1. The molecule has 2 aromatic heterocycles. The van der Waals surface area contributed by atoms with Gasteiger partial charge in [-0.1, -0.05) is 18.2 Å². The summed E-state index contributed by atoms with van der Waals surface area (Å²) in [6.07, 6.45) is 0. The molecule has 1 unspecified atom stereocenters. The molecule has 5 heteroatoms. The summed E-state index contributed by atoms with van der Waals surface area (Å²) in [6, 6.07) is 11.1. The van der Waals surface area contributed by atoms with Gasteiger partial charge in [0.1, 0.15) is 0 Å². The first kappa shape index (κ1) is 15.2. The Kier molecular flexibility index (Phi) is 3.85. The lowest BCUT2D eigenvalue weighted by molar-refractivity contribution is 0.0849. The maximum absolute atomic E-state index is 12.9. The van der Waals surface area contributed by atoms with Crippen LogP contribution in [0.1, 0.15) is 31.3 Å². The van der Waals surface area contributed by atoms with Crippen molar-refractivity contribution in [3.63, 3.8) is 0 Å². The summed E-state index contributed by atoms with van der Waals surface area (Å²) in [5.41, 5.74) is 2.72. The van der Waals surface area contributed by atoms with Crippen molar-refractivity contribution in [3.05, 3.63) is 57.4 Å². The fourth-order valence-corrected chi connectivity index (χ4v) is 3.63. The number of carbonyl (C=O) groups excluding carboxylic acids is 2. The molecule has 114 valence electrons. The molecule has 0 radical (unpaired) electrons. The molecule has 0 amide bonds. The number of nitriles is 1. The van der Waals surface area contributed by atoms with Gasteiger partial charge >= 0.3 is 0 Å². The van der Waals surface area contributed by atoms with Gasteiger partial charge in [-0.15, -0.1) is 11.3 Å². The SMILES string of the molecule is Cc1ccsc1C(=O)C(C#N)C(=O)c1c(C)[nH]c2ccccc12. The first-order chi connectivity index (χ1) is 11.0. The van der Waals surface area contributed by atoms with Crippen LogP contribution in [0, 0.1) is 31.1 Å². The molecule has 3 aromatic rings. The molecule has 4 nitrogen and oxygen atoms in total. The number of Topliss-reactive ketones (excluding diaryl/α,β-unsaturated/α-hetero) is 2. The second-order valence-corrected chi connectivity index (χ2v) is 6.31. The number of carbonyl (C=O) groups is 2. The number of para-hydroxylation sites is 1. The number of nitrogens with zero attached hydrogens (tertiary/aromatic N) is 1. The van der Waals surface area contributed by atoms with Crippen molar-refractivity contribution < 1.29 is 9.59 Å². The number of fused-ring (bicyclic) bond motifs is 1. The minimum atomic E-state index is -1.31. The normalized spacial score (nSPS) is 12.0. The zero-order chi connectivity index (χ0) is 16.6. The standard InChI is InChI=1S/C18H14N2O2S/c1-10-7-8-23-18(10)17(22)13(9-19)16(21)15-11(2)20-14-6-4-3-5-12(14)15/h3-8,13,20H,1-2H3. The van der Waals surface area contributed by atoms with Gasteiger partial charge < -0.3 is 4.98 Å². The number of ketones is 2. The van der Waals surface area contributed by atoms with E-state index in [4.69, 9.17) is 0 Å². The van der Waals surface area contributed by atoms with E-state index >= 15 is 0 Å². The molecule has 0 aliphatic carbocycles. The highest BCUT2D eigenvalue weighted by molar-refractivity contribution is 7.12. The van der Waals surface area contributed by atoms with Crippen LogP contribution < -0.4 is 0 Å². The third kappa shape index (κ3) is 2.47. The minimum Gasteiger partial charge on any atom is -0.358 e. The molecule has 0 saturated heterocycles. The Morgan fingerprint density at radius 1 is 1.17 bits per heavy atom. The lowest BCUT2D eigenvalue weighted by atomic mass is 9.92. The second kappa shape index (κ2) is 5.82. The summed E-state index contributed by atoms with van der Waals surface area (Å²) < 4.78 is 0. The van der Waals surface area contributed by atoms with E-state index in [1.54, 1.807) is 19.2 Å². The average molecular weight is 322 g/mol. The van der Waals surface area contributed by atoms with E-state index in [0.717, 1.165) is 16.5 Å². The number of nitrogens with one attached hydrogen (secondary N) is 1. The predicted octanol–water partition coefficient (Wildman–Crippen LogP) is 4.05. The summed E-state index contributed by atoms with van der Waals surface area (Å²) in [6.45, 7) is 3.59. The van der Waals surface area contributed by atoms with Gasteiger partial charge in [0.2, 0.25) is 0 Å². The number of thiophene rings is 1. The Morgan fingerprint density at radius 2 is 1.91 bits per heavy atom. The molecule has 3 rings (SSSR count). The Hall–Kier alpha value is -2.71. The molecule has 0 spiro atoms. The summed E-state index contributed by atoms with van der Waals surface area (Å²) in [5.74, 6) is -2.18. The van der Waals surface area contributed by atoms with E-state index in [9.17, 15) is 14.9 Å². The van der Waals surface area contributed by atoms with Gasteiger partial charge in [0.25, 0.3) is 0 Å². The van der Waals surface area contributed by atoms with Crippen molar-refractivity contribution >= 4 is 33.8 Å². The number of hydrogen-bond acceptors (Lipinski definition) is 4. The number of aryl methyl sites for hydroxylation is 2. The summed E-state index contributed by atoms with van der Waals surface area (Å²) in [4.78, 5) is 29.1.